The first-order chi connectivity index (χ1) is 11.8. The van der Waals surface area contributed by atoms with Crippen LogP contribution in [0.4, 0.5) is 4.79 Å². The number of ether oxygens (including phenoxy) is 2. The van der Waals surface area contributed by atoms with E-state index in [9.17, 15) is 30.3 Å². The van der Waals surface area contributed by atoms with Gasteiger partial charge in [0.25, 0.3) is 0 Å². The number of rotatable bonds is 4. The molecule has 2 saturated heterocycles. The van der Waals surface area contributed by atoms with Crippen LogP contribution in [-0.2, 0) is 9.47 Å². The van der Waals surface area contributed by atoms with Gasteiger partial charge >= 0.3 is 6.03 Å². The number of nitrogens with zero attached hydrogens (tertiary/aromatic N) is 2. The quantitative estimate of drug-likeness (QED) is 0.281. The van der Waals surface area contributed by atoms with Crippen LogP contribution in [0, 0.1) is 0 Å². The summed E-state index contributed by atoms with van der Waals surface area (Å²) in [6.45, 7) is -1.03. The molecule has 7 N–H and O–H groups in total. The molecule has 140 valence electrons. The number of carbonyl (C=O) groups excluding carboxylic acids is 1. The van der Waals surface area contributed by atoms with Crippen molar-refractivity contribution < 1.29 is 44.3 Å². The van der Waals surface area contributed by atoms with Crippen LogP contribution in [-0.4, -0.2) is 98.1 Å². The molecule has 0 aromatic rings. The number of amidine groups is 1. The predicted octanol–water partition coefficient (Wildman–Crippen LogP) is -3.29. The molecule has 0 aliphatic carbocycles. The number of aliphatic hydroxyl groups excluding tert-OH is 5. The van der Waals surface area contributed by atoms with Gasteiger partial charge in [0, 0.05) is 6.08 Å². The van der Waals surface area contributed by atoms with Crippen molar-refractivity contribution in [3.05, 3.63) is 12.3 Å². The van der Waals surface area contributed by atoms with Crippen molar-refractivity contribution in [3.8, 4) is 0 Å². The second kappa shape index (κ2) is 6.70. The first-order valence-corrected chi connectivity index (χ1v) is 7.88. The van der Waals surface area contributed by atoms with Crippen LogP contribution in [0.3, 0.4) is 0 Å². The second-order valence-electron chi connectivity index (χ2n) is 6.31. The maximum absolute atomic E-state index is 12.7. The number of hydrogen-bond donors (Lipinski definition) is 6. The summed E-state index contributed by atoms with van der Waals surface area (Å²) in [4.78, 5) is 16.4. The van der Waals surface area contributed by atoms with Gasteiger partial charge in [0.15, 0.2) is 6.10 Å². The summed E-state index contributed by atoms with van der Waals surface area (Å²) in [5.41, 5.74) is 5.55. The largest absolute Gasteiger partial charge is 0.453 e. The molecule has 2 fully saturated rings. The molecule has 3 heterocycles. The van der Waals surface area contributed by atoms with Crippen LogP contribution in [0.5, 0.6) is 0 Å². The molecule has 25 heavy (non-hydrogen) atoms. The highest BCUT2D eigenvalue weighted by molar-refractivity contribution is 5.99. The molecule has 11 heteroatoms. The third-order valence-corrected chi connectivity index (χ3v) is 4.85. The highest BCUT2D eigenvalue weighted by Gasteiger charge is 2.63. The lowest BCUT2D eigenvalue weighted by atomic mass is 10.1. The molecule has 2 amide bonds. The number of aliphatic imine (C=N–C) groups is 1. The monoisotopic (exact) mass is 360 g/mol. The summed E-state index contributed by atoms with van der Waals surface area (Å²) in [6, 6.07) is -0.814. The standard InChI is InChI=1S/C14H21N3O8/c15-9-1-2-17(14(23)16-9,10-3-6(20)7(4-18)24-10)13-12(22)11(21)8(5-19)25-13/h1-2,6-8,10-13,18-22H,3-5H2,(H-,15,16,23)/p+1/t6-,7+,8-,10+,11-,12+,13-,17?/m0/s1. The van der Waals surface area contributed by atoms with Gasteiger partial charge in [-0.25, -0.2) is 4.79 Å². The number of quaternary nitrogens is 1. The summed E-state index contributed by atoms with van der Waals surface area (Å²) in [7, 11) is 0. The van der Waals surface area contributed by atoms with Crippen LogP contribution in [0.25, 0.3) is 0 Å². The molecule has 8 atom stereocenters. The van der Waals surface area contributed by atoms with Crippen molar-refractivity contribution in [1.29, 1.82) is 0 Å². The van der Waals surface area contributed by atoms with Gasteiger partial charge < -0.3 is 40.7 Å². The van der Waals surface area contributed by atoms with Gasteiger partial charge in [-0.2, -0.15) is 4.48 Å². The van der Waals surface area contributed by atoms with Gasteiger partial charge in [0.05, 0.1) is 25.7 Å². The summed E-state index contributed by atoms with van der Waals surface area (Å²) in [6.07, 6.45) is -5.74. The van der Waals surface area contributed by atoms with Crippen molar-refractivity contribution in [2.75, 3.05) is 13.2 Å². The molecule has 0 radical (unpaired) electrons. The van der Waals surface area contributed by atoms with E-state index in [2.05, 4.69) is 4.99 Å². The number of nitrogens with two attached hydrogens (primary N) is 1. The minimum Gasteiger partial charge on any atom is -0.394 e. The molecule has 0 saturated carbocycles. The van der Waals surface area contributed by atoms with Gasteiger partial charge in [0.1, 0.15) is 30.3 Å². The van der Waals surface area contributed by atoms with Crippen molar-refractivity contribution in [2.24, 2.45) is 10.7 Å². The summed E-state index contributed by atoms with van der Waals surface area (Å²) >= 11 is 0. The molecular formula is C14H22N3O8+. The Morgan fingerprint density at radius 3 is 2.36 bits per heavy atom. The van der Waals surface area contributed by atoms with Crippen LogP contribution in [0.2, 0.25) is 0 Å². The van der Waals surface area contributed by atoms with E-state index in [1.807, 2.05) is 0 Å². The van der Waals surface area contributed by atoms with Gasteiger partial charge in [-0.3, -0.25) is 0 Å². The summed E-state index contributed by atoms with van der Waals surface area (Å²) < 4.78 is 10.3. The van der Waals surface area contributed by atoms with E-state index < -0.39 is 66.7 Å². The van der Waals surface area contributed by atoms with Crippen LogP contribution >= 0.6 is 0 Å². The van der Waals surface area contributed by atoms with Crippen molar-refractivity contribution in [1.82, 2.24) is 0 Å². The van der Waals surface area contributed by atoms with E-state index in [1.54, 1.807) is 0 Å². The fourth-order valence-corrected chi connectivity index (χ4v) is 3.45. The van der Waals surface area contributed by atoms with E-state index in [-0.39, 0.29) is 12.3 Å². The maximum atomic E-state index is 12.7. The van der Waals surface area contributed by atoms with Crippen LogP contribution < -0.4 is 5.73 Å². The Morgan fingerprint density at radius 1 is 1.16 bits per heavy atom. The number of amides is 2. The Balaban J connectivity index is 2.00. The lowest BCUT2D eigenvalue weighted by Gasteiger charge is -2.40. The average molecular weight is 360 g/mol. The van der Waals surface area contributed by atoms with Gasteiger partial charge in [0.2, 0.25) is 12.5 Å². The zero-order valence-electron chi connectivity index (χ0n) is 13.3. The number of hydrogen-bond acceptors (Lipinski definition) is 9. The predicted molar refractivity (Wildman–Crippen MR) is 80.5 cm³/mol. The van der Waals surface area contributed by atoms with E-state index in [0.29, 0.717) is 0 Å². The maximum Gasteiger partial charge on any atom is 0.453 e. The Kier molecular flexibility index (Phi) is 4.92. The molecule has 3 aliphatic rings. The topological polar surface area (TPSA) is 175 Å². The first-order valence-electron chi connectivity index (χ1n) is 7.88. The van der Waals surface area contributed by atoms with Gasteiger partial charge in [-0.15, -0.1) is 4.99 Å². The zero-order valence-corrected chi connectivity index (χ0v) is 13.3. The fourth-order valence-electron chi connectivity index (χ4n) is 3.45. The lowest BCUT2D eigenvalue weighted by Crippen LogP contribution is -2.65. The number of urea groups is 1. The Hall–Kier alpha value is -1.44. The SMILES string of the molecule is NC1=NC(=O)[N+]([C@H]2C[C@H](O)[C@@H](CO)O2)([C@H]2O[C@@H](CO)[C@H](O)[C@H]2O)C=C1. The number of aliphatic hydroxyl groups is 5. The molecule has 0 aromatic carbocycles. The van der Waals surface area contributed by atoms with E-state index in [0.717, 1.165) is 0 Å². The molecule has 11 nitrogen and oxygen atoms in total. The highest BCUT2D eigenvalue weighted by Crippen LogP contribution is 2.39. The lowest BCUT2D eigenvalue weighted by molar-refractivity contribution is -0.899. The third-order valence-electron chi connectivity index (χ3n) is 4.85. The summed E-state index contributed by atoms with van der Waals surface area (Å²) in [5.74, 6) is -0.0530. The molecule has 0 aromatic heterocycles. The molecule has 0 spiro atoms. The smallest absolute Gasteiger partial charge is 0.394 e. The van der Waals surface area contributed by atoms with Gasteiger partial charge in [-0.05, 0) is 0 Å². The van der Waals surface area contributed by atoms with E-state index in [1.165, 1.54) is 12.3 Å². The molecule has 3 aliphatic heterocycles. The molecule has 3 rings (SSSR count). The minimum atomic E-state index is -1.52. The average Bonchev–Trinajstić information content (AvgIpc) is 3.10. The van der Waals surface area contributed by atoms with Gasteiger partial charge in [-0.1, -0.05) is 0 Å². The first kappa shape index (κ1) is 18.4. The third kappa shape index (κ3) is 2.78. The molecular weight excluding hydrogens is 338 g/mol. The fraction of sp³-hybridized carbons (Fsp3) is 0.714. The molecule has 1 unspecified atom stereocenters. The Bertz CT molecular complexity index is 599. The Labute approximate surface area is 142 Å². The Morgan fingerprint density at radius 2 is 1.84 bits per heavy atom. The van der Waals surface area contributed by atoms with E-state index >= 15 is 0 Å². The van der Waals surface area contributed by atoms with E-state index in [4.69, 9.17) is 15.2 Å². The summed E-state index contributed by atoms with van der Waals surface area (Å²) in [5, 5.41) is 49.0. The van der Waals surface area contributed by atoms with Crippen LogP contribution in [0.15, 0.2) is 17.3 Å². The second-order valence-corrected chi connectivity index (χ2v) is 6.31. The molecule has 0 bridgehead atoms. The zero-order chi connectivity index (χ0) is 18.4. The van der Waals surface area contributed by atoms with Crippen LogP contribution in [0.1, 0.15) is 6.42 Å². The number of carbonyl (C=O) groups is 1. The minimum absolute atomic E-state index is 0.0385. The van der Waals surface area contributed by atoms with Crippen molar-refractivity contribution in [3.63, 3.8) is 0 Å². The highest BCUT2D eigenvalue weighted by atomic mass is 16.6. The van der Waals surface area contributed by atoms with Crippen molar-refractivity contribution in [2.45, 2.75) is 49.4 Å². The van der Waals surface area contributed by atoms with Crippen molar-refractivity contribution >= 4 is 11.9 Å². The normalized spacial score (nSPS) is 47.3.